The van der Waals surface area contributed by atoms with Crippen molar-refractivity contribution in [2.24, 2.45) is 0 Å². The molecule has 3 aromatic heterocycles. The van der Waals surface area contributed by atoms with Crippen LogP contribution in [0.1, 0.15) is 81.5 Å². The largest absolute Gasteiger partial charge is 0.497 e. The second-order valence-electron chi connectivity index (χ2n) is 15.2. The zero-order valence-electron chi connectivity index (χ0n) is 33.7. The van der Waals surface area contributed by atoms with Crippen LogP contribution in [0.5, 0.6) is 17.5 Å². The molecule has 6 rings (SSSR count). The van der Waals surface area contributed by atoms with Gasteiger partial charge in [-0.15, -0.1) is 5.10 Å². The molecule has 1 amide bonds. The van der Waals surface area contributed by atoms with E-state index in [4.69, 9.17) is 39.0 Å². The SMILES string of the molecule is CCC[C@@H](C)Oc1nc(N(Cc2ccc(OC)cc2)Cc2ccc(OC)cc2)c2ncc(C(O)c3cnc(N4CCN(C(=O)OC(C)(C)C)CC4)c(C)c3)n2n1. The third-order valence-corrected chi connectivity index (χ3v) is 9.62. The number of pyridine rings is 1. The molecule has 1 unspecified atom stereocenters. The Kier molecular flexibility index (Phi) is 12.5. The van der Waals surface area contributed by atoms with Crippen molar-refractivity contribution in [2.75, 3.05) is 50.2 Å². The summed E-state index contributed by atoms with van der Waals surface area (Å²) in [7, 11) is 3.30. The van der Waals surface area contributed by atoms with Gasteiger partial charge in [-0.25, -0.2) is 19.3 Å². The lowest BCUT2D eigenvalue weighted by molar-refractivity contribution is 0.0240. The molecule has 14 heteroatoms. The maximum absolute atomic E-state index is 12.6. The lowest BCUT2D eigenvalue weighted by Gasteiger charge is -2.36. The average molecular weight is 767 g/mol. The number of imidazole rings is 1. The normalized spacial score (nSPS) is 14.4. The molecule has 56 heavy (non-hydrogen) atoms. The molecule has 1 saturated heterocycles. The number of amides is 1. The molecule has 2 atom stereocenters. The summed E-state index contributed by atoms with van der Waals surface area (Å²) < 4.78 is 24.3. The van der Waals surface area contributed by atoms with Gasteiger partial charge < -0.3 is 38.8 Å². The van der Waals surface area contributed by atoms with Gasteiger partial charge in [-0.2, -0.15) is 4.98 Å². The first-order valence-corrected chi connectivity index (χ1v) is 19.2. The van der Waals surface area contributed by atoms with Gasteiger partial charge in [0.2, 0.25) is 0 Å². The van der Waals surface area contributed by atoms with Gasteiger partial charge in [-0.05, 0) is 88.1 Å². The molecule has 1 aliphatic rings. The Morgan fingerprint density at radius 3 is 2.05 bits per heavy atom. The number of anilines is 2. The van der Waals surface area contributed by atoms with Crippen molar-refractivity contribution in [1.82, 2.24) is 29.5 Å². The zero-order valence-corrected chi connectivity index (χ0v) is 33.7. The number of ether oxygens (including phenoxy) is 4. The van der Waals surface area contributed by atoms with Gasteiger partial charge in [0.1, 0.15) is 29.0 Å². The molecule has 0 spiro atoms. The summed E-state index contributed by atoms with van der Waals surface area (Å²) in [5.74, 6) is 2.90. The number of piperazine rings is 1. The van der Waals surface area contributed by atoms with Gasteiger partial charge in [0.05, 0.1) is 32.2 Å². The lowest BCUT2D eigenvalue weighted by atomic mass is 10.1. The summed E-state index contributed by atoms with van der Waals surface area (Å²) in [6, 6.07) is 18.0. The number of rotatable bonds is 14. The van der Waals surface area contributed by atoms with Crippen molar-refractivity contribution >= 4 is 23.4 Å². The number of methoxy groups -OCH3 is 2. The van der Waals surface area contributed by atoms with Crippen molar-refractivity contribution in [3.05, 3.63) is 94.9 Å². The van der Waals surface area contributed by atoms with Gasteiger partial charge >= 0.3 is 12.1 Å². The van der Waals surface area contributed by atoms with Crippen LogP contribution in [0.25, 0.3) is 5.65 Å². The van der Waals surface area contributed by atoms with Crippen LogP contribution in [0.15, 0.2) is 67.0 Å². The number of aryl methyl sites for hydroxylation is 1. The molecule has 298 valence electrons. The van der Waals surface area contributed by atoms with Gasteiger partial charge in [-0.3, -0.25) is 0 Å². The Hall–Kier alpha value is -5.63. The fourth-order valence-electron chi connectivity index (χ4n) is 6.74. The predicted molar refractivity (Wildman–Crippen MR) is 215 cm³/mol. The number of benzene rings is 2. The zero-order chi connectivity index (χ0) is 40.0. The Balaban J connectivity index is 1.32. The summed E-state index contributed by atoms with van der Waals surface area (Å²) in [6.07, 6.45) is 3.54. The third kappa shape index (κ3) is 9.59. The molecular weight excluding hydrogens is 713 g/mol. The molecule has 1 fully saturated rings. The van der Waals surface area contributed by atoms with E-state index in [9.17, 15) is 9.90 Å². The first kappa shape index (κ1) is 40.0. The number of fused-ring (bicyclic) bond motifs is 1. The van der Waals surface area contributed by atoms with Crippen LogP contribution in [0.3, 0.4) is 0 Å². The Labute approximate surface area is 329 Å². The highest BCUT2D eigenvalue weighted by Crippen LogP contribution is 2.31. The standard InChI is InChI=1S/C42H54N8O6/c1-9-10-29(3)55-40-45-39(49(26-30-11-15-33(53-7)16-12-30)27-31-13-17-34(54-8)18-14-31)38-44-25-35(50(38)46-40)36(51)32-23-28(2)37(43-24-32)47-19-21-48(22-20-47)41(52)56-42(4,5)6/h11-18,23-25,29,36,51H,9-10,19-22,26-27H2,1-8H3/t29-,36?/m1/s1. The van der Waals surface area contributed by atoms with Crippen molar-refractivity contribution < 1.29 is 28.8 Å². The summed E-state index contributed by atoms with van der Waals surface area (Å²) in [4.78, 5) is 33.2. The topological polar surface area (TPSA) is 140 Å². The van der Waals surface area contributed by atoms with Crippen LogP contribution >= 0.6 is 0 Å². The highest BCUT2D eigenvalue weighted by atomic mass is 16.6. The van der Waals surface area contributed by atoms with Crippen molar-refractivity contribution in [2.45, 2.75) is 85.3 Å². The highest BCUT2D eigenvalue weighted by Gasteiger charge is 2.28. The van der Waals surface area contributed by atoms with Crippen molar-refractivity contribution in [3.8, 4) is 17.5 Å². The van der Waals surface area contributed by atoms with Crippen LogP contribution in [-0.4, -0.2) is 92.8 Å². The fourth-order valence-corrected chi connectivity index (χ4v) is 6.74. The molecule has 0 bridgehead atoms. The number of hydrogen-bond acceptors (Lipinski definition) is 12. The van der Waals surface area contributed by atoms with Crippen LogP contribution in [0.2, 0.25) is 0 Å². The average Bonchev–Trinajstić information content (AvgIpc) is 3.61. The molecule has 1 aliphatic heterocycles. The summed E-state index contributed by atoms with van der Waals surface area (Å²) >= 11 is 0. The first-order valence-electron chi connectivity index (χ1n) is 19.2. The second-order valence-corrected chi connectivity index (χ2v) is 15.2. The minimum atomic E-state index is -1.10. The van der Waals surface area contributed by atoms with E-state index in [1.165, 1.54) is 0 Å². The quantitative estimate of drug-likeness (QED) is 0.128. The van der Waals surface area contributed by atoms with E-state index in [1.54, 1.807) is 36.0 Å². The highest BCUT2D eigenvalue weighted by molar-refractivity contribution is 5.69. The lowest BCUT2D eigenvalue weighted by Crippen LogP contribution is -2.50. The Morgan fingerprint density at radius 1 is 0.911 bits per heavy atom. The van der Waals surface area contributed by atoms with E-state index in [0.717, 1.165) is 46.8 Å². The van der Waals surface area contributed by atoms with E-state index in [1.807, 2.05) is 89.2 Å². The van der Waals surface area contributed by atoms with E-state index in [0.29, 0.717) is 62.0 Å². The van der Waals surface area contributed by atoms with Crippen LogP contribution in [0, 0.1) is 6.92 Å². The van der Waals surface area contributed by atoms with Gasteiger partial charge in [0.15, 0.2) is 11.5 Å². The van der Waals surface area contributed by atoms with E-state index < -0.39 is 11.7 Å². The number of nitrogens with zero attached hydrogens (tertiary/aromatic N) is 8. The number of aliphatic hydroxyl groups is 1. The maximum atomic E-state index is 12.6. The maximum Gasteiger partial charge on any atom is 0.410 e. The van der Waals surface area contributed by atoms with E-state index >= 15 is 0 Å². The van der Waals surface area contributed by atoms with Gasteiger partial charge in [0, 0.05) is 51.0 Å². The number of hydrogen-bond donors (Lipinski definition) is 1. The molecular formula is C42H54N8O6. The number of aromatic nitrogens is 5. The Morgan fingerprint density at radius 2 is 1.52 bits per heavy atom. The van der Waals surface area contributed by atoms with E-state index in [2.05, 4.69) is 16.7 Å². The molecule has 0 aliphatic carbocycles. The monoisotopic (exact) mass is 766 g/mol. The molecule has 0 radical (unpaired) electrons. The Bertz CT molecular complexity index is 2030. The first-order chi connectivity index (χ1) is 26.8. The number of carbonyl (C=O) groups is 1. The van der Waals surface area contributed by atoms with Gasteiger partial charge in [0.25, 0.3) is 0 Å². The summed E-state index contributed by atoms with van der Waals surface area (Å²) in [6.45, 7) is 15.0. The summed E-state index contributed by atoms with van der Waals surface area (Å²) in [5, 5.41) is 16.7. The van der Waals surface area contributed by atoms with Gasteiger partial charge in [-0.1, -0.05) is 37.6 Å². The third-order valence-electron chi connectivity index (χ3n) is 9.62. The molecule has 1 N–H and O–H groups in total. The number of aliphatic hydroxyl groups excluding tert-OH is 1. The molecule has 4 heterocycles. The molecule has 0 saturated carbocycles. The van der Waals surface area contributed by atoms with Crippen LogP contribution < -0.4 is 24.0 Å². The van der Waals surface area contributed by atoms with Crippen LogP contribution in [-0.2, 0) is 17.8 Å². The predicted octanol–water partition coefficient (Wildman–Crippen LogP) is 6.76. The fraction of sp³-hybridized carbons (Fsp3) is 0.452. The summed E-state index contributed by atoms with van der Waals surface area (Å²) in [5.41, 5.74) is 3.95. The minimum absolute atomic E-state index is 0.135. The van der Waals surface area contributed by atoms with Crippen LogP contribution in [0.4, 0.5) is 16.4 Å². The minimum Gasteiger partial charge on any atom is -0.497 e. The van der Waals surface area contributed by atoms with Crippen molar-refractivity contribution in [3.63, 3.8) is 0 Å². The number of carbonyl (C=O) groups excluding carboxylic acids is 1. The molecule has 5 aromatic rings. The molecule has 14 nitrogen and oxygen atoms in total. The van der Waals surface area contributed by atoms with Crippen molar-refractivity contribution in [1.29, 1.82) is 0 Å². The second kappa shape index (κ2) is 17.4. The molecule has 2 aromatic carbocycles. The smallest absolute Gasteiger partial charge is 0.410 e. The van der Waals surface area contributed by atoms with E-state index in [-0.39, 0.29) is 18.2 Å².